The molecule has 0 bridgehead atoms. The number of hydrogen-bond acceptors (Lipinski definition) is 2. The molecular formula is C11H10FN3O. The molecular weight excluding hydrogens is 209 g/mol. The first-order valence-electron chi connectivity index (χ1n) is 4.67. The maximum atomic E-state index is 12.9. The number of aliphatic hydroxyl groups excluding tert-OH is 1. The van der Waals surface area contributed by atoms with Gasteiger partial charge in [-0.25, -0.2) is 4.39 Å². The van der Waals surface area contributed by atoms with Crippen LogP contribution in [0.2, 0.25) is 0 Å². The molecule has 0 heterocycles. The zero-order valence-corrected chi connectivity index (χ0v) is 8.52. The third-order valence-electron chi connectivity index (χ3n) is 1.87. The molecule has 1 aromatic carbocycles. The summed E-state index contributed by atoms with van der Waals surface area (Å²) in [6.45, 7) is 0.105. The Labute approximate surface area is 92.3 Å². The van der Waals surface area contributed by atoms with Gasteiger partial charge in [-0.05, 0) is 23.2 Å². The SMILES string of the molecule is [N-]=[N+]=NCCC#Cc1cc(F)ccc1CO. The molecule has 1 N–H and O–H groups in total. The summed E-state index contributed by atoms with van der Waals surface area (Å²) >= 11 is 0. The van der Waals surface area contributed by atoms with Crippen molar-refractivity contribution < 1.29 is 9.50 Å². The minimum absolute atomic E-state index is 0.180. The van der Waals surface area contributed by atoms with Crippen molar-refractivity contribution in [1.29, 1.82) is 0 Å². The number of halogens is 1. The Morgan fingerprint density at radius 2 is 2.31 bits per heavy atom. The van der Waals surface area contributed by atoms with Gasteiger partial charge in [0.15, 0.2) is 0 Å². The molecule has 1 rings (SSSR count). The van der Waals surface area contributed by atoms with Crippen LogP contribution in [0.3, 0.4) is 0 Å². The fourth-order valence-electron chi connectivity index (χ4n) is 1.11. The first-order chi connectivity index (χ1) is 7.77. The highest BCUT2D eigenvalue weighted by Gasteiger charge is 1.99. The van der Waals surface area contributed by atoms with E-state index in [9.17, 15) is 4.39 Å². The summed E-state index contributed by atoms with van der Waals surface area (Å²) in [7, 11) is 0. The predicted molar refractivity (Wildman–Crippen MR) is 57.8 cm³/mol. The summed E-state index contributed by atoms with van der Waals surface area (Å²) in [6.07, 6.45) is 0.408. The van der Waals surface area contributed by atoms with E-state index in [-0.39, 0.29) is 13.2 Å². The molecule has 0 radical (unpaired) electrons. The Hall–Kier alpha value is -2.02. The van der Waals surface area contributed by atoms with Gasteiger partial charge < -0.3 is 5.11 Å². The van der Waals surface area contributed by atoms with Gasteiger partial charge in [0.2, 0.25) is 0 Å². The molecule has 0 aliphatic carbocycles. The zero-order valence-electron chi connectivity index (χ0n) is 8.52. The van der Waals surface area contributed by atoms with E-state index in [2.05, 4.69) is 21.9 Å². The van der Waals surface area contributed by atoms with E-state index >= 15 is 0 Å². The van der Waals surface area contributed by atoms with Crippen molar-refractivity contribution in [2.45, 2.75) is 13.0 Å². The largest absolute Gasteiger partial charge is 0.392 e. The lowest BCUT2D eigenvalue weighted by molar-refractivity contribution is 0.281. The topological polar surface area (TPSA) is 69.0 Å². The van der Waals surface area contributed by atoms with E-state index < -0.39 is 5.82 Å². The van der Waals surface area contributed by atoms with Crippen LogP contribution >= 0.6 is 0 Å². The Morgan fingerprint density at radius 1 is 1.50 bits per heavy atom. The molecule has 0 unspecified atom stereocenters. The average molecular weight is 219 g/mol. The Kier molecular flexibility index (Phi) is 4.87. The highest BCUT2D eigenvalue weighted by atomic mass is 19.1. The first kappa shape index (κ1) is 12.1. The third-order valence-corrected chi connectivity index (χ3v) is 1.87. The fourth-order valence-corrected chi connectivity index (χ4v) is 1.11. The molecule has 0 fully saturated rings. The van der Waals surface area contributed by atoms with Crippen LogP contribution in [0.25, 0.3) is 10.4 Å². The van der Waals surface area contributed by atoms with E-state index in [0.29, 0.717) is 17.5 Å². The first-order valence-corrected chi connectivity index (χ1v) is 4.67. The van der Waals surface area contributed by atoms with Crippen LogP contribution in [0.15, 0.2) is 23.3 Å². The number of benzene rings is 1. The second-order valence-electron chi connectivity index (χ2n) is 2.97. The van der Waals surface area contributed by atoms with Gasteiger partial charge in [0.05, 0.1) is 6.61 Å². The Balaban J connectivity index is 2.78. The van der Waals surface area contributed by atoms with Crippen LogP contribution in [0.4, 0.5) is 4.39 Å². The normalized spacial score (nSPS) is 8.88. The van der Waals surface area contributed by atoms with Crippen LogP contribution in [-0.2, 0) is 6.61 Å². The predicted octanol–water partition coefficient (Wildman–Crippen LogP) is 2.37. The van der Waals surface area contributed by atoms with Gasteiger partial charge in [-0.2, -0.15) is 0 Å². The number of aliphatic hydroxyl groups is 1. The zero-order chi connectivity index (χ0) is 11.8. The summed E-state index contributed by atoms with van der Waals surface area (Å²) in [5, 5.41) is 12.3. The van der Waals surface area contributed by atoms with Crippen LogP contribution < -0.4 is 0 Å². The second kappa shape index (κ2) is 6.46. The van der Waals surface area contributed by atoms with Crippen molar-refractivity contribution in [2.24, 2.45) is 5.11 Å². The van der Waals surface area contributed by atoms with Gasteiger partial charge in [0.1, 0.15) is 5.82 Å². The van der Waals surface area contributed by atoms with E-state index in [1.54, 1.807) is 0 Å². The molecule has 0 aliphatic rings. The van der Waals surface area contributed by atoms with Crippen molar-refractivity contribution in [3.8, 4) is 11.8 Å². The highest BCUT2D eigenvalue weighted by molar-refractivity contribution is 5.41. The van der Waals surface area contributed by atoms with Gasteiger partial charge in [-0.3, -0.25) is 0 Å². The molecule has 0 saturated carbocycles. The molecule has 82 valence electrons. The maximum Gasteiger partial charge on any atom is 0.124 e. The fraction of sp³-hybridized carbons (Fsp3) is 0.273. The molecule has 4 nitrogen and oxygen atoms in total. The lowest BCUT2D eigenvalue weighted by Crippen LogP contribution is -1.90. The summed E-state index contributed by atoms with van der Waals surface area (Å²) in [5.41, 5.74) is 9.07. The molecule has 0 atom stereocenters. The van der Waals surface area contributed by atoms with Gasteiger partial charge in [-0.15, -0.1) is 0 Å². The summed E-state index contributed by atoms with van der Waals surface area (Å²) in [5.74, 6) is 5.08. The van der Waals surface area contributed by atoms with Gasteiger partial charge in [0, 0.05) is 23.4 Å². The monoisotopic (exact) mass is 219 g/mol. The van der Waals surface area contributed by atoms with Crippen LogP contribution in [-0.4, -0.2) is 11.7 Å². The molecule has 0 aromatic heterocycles. The van der Waals surface area contributed by atoms with E-state index in [1.165, 1.54) is 18.2 Å². The van der Waals surface area contributed by atoms with Crippen LogP contribution in [0.1, 0.15) is 17.5 Å². The minimum atomic E-state index is -0.392. The lowest BCUT2D eigenvalue weighted by Gasteiger charge is -1.99. The molecule has 0 amide bonds. The minimum Gasteiger partial charge on any atom is -0.392 e. The average Bonchev–Trinajstić information content (AvgIpc) is 2.29. The lowest BCUT2D eigenvalue weighted by atomic mass is 10.1. The van der Waals surface area contributed by atoms with E-state index in [1.807, 2.05) is 0 Å². The van der Waals surface area contributed by atoms with E-state index in [0.717, 1.165) is 0 Å². The molecule has 16 heavy (non-hydrogen) atoms. The number of nitrogens with zero attached hydrogens (tertiary/aromatic N) is 3. The quantitative estimate of drug-likeness (QED) is 0.274. The Morgan fingerprint density at radius 3 is 3.00 bits per heavy atom. The molecule has 0 saturated heterocycles. The number of rotatable bonds is 3. The standard InChI is InChI=1S/C11H10FN3O/c12-11-5-4-10(8-16)9(7-11)3-1-2-6-14-15-13/h4-5,7,16H,2,6,8H2. The summed E-state index contributed by atoms with van der Waals surface area (Å²) in [6, 6.07) is 4.04. The van der Waals surface area contributed by atoms with Crippen molar-refractivity contribution >= 4 is 0 Å². The van der Waals surface area contributed by atoms with Gasteiger partial charge in [0.25, 0.3) is 0 Å². The van der Waals surface area contributed by atoms with Gasteiger partial charge in [-0.1, -0.05) is 23.0 Å². The molecule has 1 aromatic rings. The van der Waals surface area contributed by atoms with Crippen LogP contribution in [0.5, 0.6) is 0 Å². The number of hydrogen-bond donors (Lipinski definition) is 1. The molecule has 0 aliphatic heterocycles. The molecule has 5 heteroatoms. The maximum absolute atomic E-state index is 12.9. The summed E-state index contributed by atoms with van der Waals surface area (Å²) < 4.78 is 12.9. The smallest absolute Gasteiger partial charge is 0.124 e. The van der Waals surface area contributed by atoms with Crippen molar-refractivity contribution in [1.82, 2.24) is 0 Å². The highest BCUT2D eigenvalue weighted by Crippen LogP contribution is 2.10. The third kappa shape index (κ3) is 3.62. The summed E-state index contributed by atoms with van der Waals surface area (Å²) in [4.78, 5) is 2.59. The second-order valence-corrected chi connectivity index (χ2v) is 2.97. The van der Waals surface area contributed by atoms with Gasteiger partial charge >= 0.3 is 0 Å². The van der Waals surface area contributed by atoms with Crippen molar-refractivity contribution in [3.05, 3.63) is 45.6 Å². The Bertz CT molecular complexity index is 470. The van der Waals surface area contributed by atoms with Crippen molar-refractivity contribution in [3.63, 3.8) is 0 Å². The van der Waals surface area contributed by atoms with Crippen LogP contribution in [0, 0.1) is 17.7 Å². The number of azide groups is 1. The van der Waals surface area contributed by atoms with Crippen molar-refractivity contribution in [2.75, 3.05) is 6.54 Å². The molecule has 0 spiro atoms. The van der Waals surface area contributed by atoms with E-state index in [4.69, 9.17) is 10.6 Å².